The minimum atomic E-state index is 0.232. The van der Waals surface area contributed by atoms with Crippen molar-refractivity contribution < 1.29 is 4.79 Å². The van der Waals surface area contributed by atoms with Gasteiger partial charge >= 0.3 is 0 Å². The van der Waals surface area contributed by atoms with Gasteiger partial charge in [-0.2, -0.15) is 0 Å². The van der Waals surface area contributed by atoms with E-state index in [4.69, 9.17) is 4.98 Å². The molecule has 4 nitrogen and oxygen atoms in total. The lowest BCUT2D eigenvalue weighted by Crippen LogP contribution is -2.45. The average molecular weight is 392 g/mol. The number of carbonyl (C=O) groups excluding carboxylic acids is 1. The van der Waals surface area contributed by atoms with E-state index in [9.17, 15) is 4.79 Å². The van der Waals surface area contributed by atoms with Gasteiger partial charge in [-0.1, -0.05) is 30.3 Å². The number of nitrogens with zero attached hydrogens (tertiary/aromatic N) is 3. The number of aromatic nitrogens is 1. The maximum absolute atomic E-state index is 13.0. The monoisotopic (exact) mass is 391 g/mol. The number of rotatable bonds is 3. The van der Waals surface area contributed by atoms with Crippen LogP contribution in [0.15, 0.2) is 48.5 Å². The maximum atomic E-state index is 13.0. The lowest BCUT2D eigenvalue weighted by Gasteiger charge is -2.32. The Morgan fingerprint density at radius 1 is 1.11 bits per heavy atom. The molecular weight excluding hydrogens is 366 g/mol. The van der Waals surface area contributed by atoms with Gasteiger partial charge in [0.25, 0.3) is 0 Å². The van der Waals surface area contributed by atoms with Crippen molar-refractivity contribution in [2.75, 3.05) is 24.5 Å². The van der Waals surface area contributed by atoms with Crippen LogP contribution in [0.5, 0.6) is 0 Å². The van der Waals surface area contributed by atoms with Crippen LogP contribution in [0.25, 0.3) is 10.2 Å². The van der Waals surface area contributed by atoms with Gasteiger partial charge in [-0.3, -0.25) is 9.69 Å². The molecule has 28 heavy (non-hydrogen) atoms. The van der Waals surface area contributed by atoms with Gasteiger partial charge in [-0.15, -0.1) is 11.3 Å². The first-order chi connectivity index (χ1) is 13.7. The van der Waals surface area contributed by atoms with Crippen LogP contribution in [-0.4, -0.2) is 41.5 Å². The number of carbonyl (C=O) groups is 1. The van der Waals surface area contributed by atoms with E-state index in [1.54, 1.807) is 0 Å². The number of anilines is 1. The molecule has 5 rings (SSSR count). The second kappa shape index (κ2) is 7.30. The van der Waals surface area contributed by atoms with E-state index < -0.39 is 0 Å². The van der Waals surface area contributed by atoms with Gasteiger partial charge < -0.3 is 4.90 Å². The van der Waals surface area contributed by atoms with Crippen LogP contribution in [-0.2, 0) is 11.2 Å². The zero-order valence-electron chi connectivity index (χ0n) is 16.2. The highest BCUT2D eigenvalue weighted by Crippen LogP contribution is 2.35. The molecule has 0 radical (unpaired) electrons. The number of likely N-dealkylation sites (tertiary alicyclic amines) is 1. The summed E-state index contributed by atoms with van der Waals surface area (Å²) >= 11 is 1.83. The molecule has 0 unspecified atom stereocenters. The standard InChI is InChI=1S/C23H25N3OS/c1-16-14-18-6-2-4-8-20(18)26(16)22(27)15-25-12-10-17(11-13-25)23-24-19-7-3-5-9-21(19)28-23/h2-9,16-17H,10-15H2,1H3/t16-/m1/s1. The van der Waals surface area contributed by atoms with Crippen LogP contribution in [0.4, 0.5) is 5.69 Å². The van der Waals surface area contributed by atoms with Crippen molar-refractivity contribution in [2.45, 2.75) is 38.1 Å². The molecule has 5 heteroatoms. The highest BCUT2D eigenvalue weighted by molar-refractivity contribution is 7.18. The zero-order chi connectivity index (χ0) is 19.1. The smallest absolute Gasteiger partial charge is 0.241 e. The number of thiazole rings is 1. The van der Waals surface area contributed by atoms with E-state index in [2.05, 4.69) is 54.3 Å². The first-order valence-corrected chi connectivity index (χ1v) is 11.0. The van der Waals surface area contributed by atoms with E-state index in [1.807, 2.05) is 22.3 Å². The highest BCUT2D eigenvalue weighted by Gasteiger charge is 2.32. The van der Waals surface area contributed by atoms with Crippen LogP contribution in [0, 0.1) is 0 Å². The first-order valence-electron chi connectivity index (χ1n) is 10.2. The third kappa shape index (κ3) is 3.23. The fourth-order valence-electron chi connectivity index (χ4n) is 4.62. The number of benzene rings is 2. The minimum Gasteiger partial charge on any atom is -0.308 e. The van der Waals surface area contributed by atoms with Crippen LogP contribution in [0.1, 0.15) is 36.3 Å². The molecule has 0 aliphatic carbocycles. The molecule has 0 spiro atoms. The average Bonchev–Trinajstić information content (AvgIpc) is 3.28. The molecule has 0 bridgehead atoms. The zero-order valence-corrected chi connectivity index (χ0v) is 17.0. The Balaban J connectivity index is 1.22. The summed E-state index contributed by atoms with van der Waals surface area (Å²) in [5.41, 5.74) is 3.50. The van der Waals surface area contributed by atoms with Gasteiger partial charge in [0.15, 0.2) is 0 Å². The number of amides is 1. The van der Waals surface area contributed by atoms with Gasteiger partial charge in [0.1, 0.15) is 0 Å². The quantitative estimate of drug-likeness (QED) is 0.662. The number of hydrogen-bond donors (Lipinski definition) is 0. The Labute approximate surface area is 169 Å². The Morgan fingerprint density at radius 2 is 1.86 bits per heavy atom. The summed E-state index contributed by atoms with van der Waals surface area (Å²) in [5, 5.41) is 1.26. The second-order valence-corrected chi connectivity index (χ2v) is 9.08. The van der Waals surface area contributed by atoms with Gasteiger partial charge in [0, 0.05) is 17.6 Å². The summed E-state index contributed by atoms with van der Waals surface area (Å²) in [7, 11) is 0. The van der Waals surface area contributed by atoms with Crippen LogP contribution in [0.2, 0.25) is 0 Å². The summed E-state index contributed by atoms with van der Waals surface area (Å²) < 4.78 is 1.27. The van der Waals surface area contributed by atoms with E-state index in [1.165, 1.54) is 15.3 Å². The molecule has 144 valence electrons. The van der Waals surface area contributed by atoms with Crippen molar-refractivity contribution in [2.24, 2.45) is 0 Å². The fraction of sp³-hybridized carbons (Fsp3) is 0.391. The predicted octanol–water partition coefficient (Wildman–Crippen LogP) is 4.45. The molecular formula is C23H25N3OS. The molecule has 2 aromatic carbocycles. The Hall–Kier alpha value is -2.24. The lowest BCUT2D eigenvalue weighted by molar-refractivity contribution is -0.120. The normalized spacial score (nSPS) is 20.6. The molecule has 1 atom stereocenters. The lowest BCUT2D eigenvalue weighted by atomic mass is 9.97. The number of hydrogen-bond acceptors (Lipinski definition) is 4. The molecule has 1 fully saturated rings. The fourth-order valence-corrected chi connectivity index (χ4v) is 5.75. The summed E-state index contributed by atoms with van der Waals surface area (Å²) in [6, 6.07) is 16.9. The van der Waals surface area contributed by atoms with E-state index in [-0.39, 0.29) is 11.9 Å². The van der Waals surface area contributed by atoms with Crippen molar-refractivity contribution in [3.8, 4) is 0 Å². The van der Waals surface area contributed by atoms with Gasteiger partial charge in [-0.25, -0.2) is 4.98 Å². The summed E-state index contributed by atoms with van der Waals surface area (Å²) in [4.78, 5) is 22.2. The van der Waals surface area contributed by atoms with Gasteiger partial charge in [-0.05, 0) is 63.0 Å². The molecule has 1 amide bonds. The van der Waals surface area contributed by atoms with E-state index >= 15 is 0 Å². The van der Waals surface area contributed by atoms with Crippen molar-refractivity contribution in [3.05, 3.63) is 59.1 Å². The number of para-hydroxylation sites is 2. The van der Waals surface area contributed by atoms with Gasteiger partial charge in [0.05, 0.1) is 21.8 Å². The highest BCUT2D eigenvalue weighted by atomic mass is 32.1. The Morgan fingerprint density at radius 3 is 2.68 bits per heavy atom. The third-order valence-corrected chi connectivity index (χ3v) is 7.28. The molecule has 0 saturated carbocycles. The van der Waals surface area contributed by atoms with Gasteiger partial charge in [0.2, 0.25) is 5.91 Å². The predicted molar refractivity (Wildman–Crippen MR) is 115 cm³/mol. The van der Waals surface area contributed by atoms with Crippen molar-refractivity contribution in [3.63, 3.8) is 0 Å². The third-order valence-electron chi connectivity index (χ3n) is 6.08. The summed E-state index contributed by atoms with van der Waals surface area (Å²) in [5.74, 6) is 0.756. The van der Waals surface area contributed by atoms with Crippen LogP contribution < -0.4 is 4.90 Å². The SMILES string of the molecule is C[C@@H]1Cc2ccccc2N1C(=O)CN1CCC(c2nc3ccccc3s2)CC1. The van der Waals surface area contributed by atoms with Crippen molar-refractivity contribution in [1.82, 2.24) is 9.88 Å². The molecule has 3 aromatic rings. The Kier molecular flexibility index (Phi) is 4.65. The summed E-state index contributed by atoms with van der Waals surface area (Å²) in [6.45, 7) is 4.61. The second-order valence-electron chi connectivity index (χ2n) is 8.02. The molecule has 3 heterocycles. The summed E-state index contributed by atoms with van der Waals surface area (Å²) in [6.07, 6.45) is 3.13. The molecule has 0 N–H and O–H groups in total. The molecule has 1 aromatic heterocycles. The first kappa shape index (κ1) is 17.8. The van der Waals surface area contributed by atoms with Crippen LogP contribution in [0.3, 0.4) is 0 Å². The number of fused-ring (bicyclic) bond motifs is 2. The molecule has 2 aliphatic heterocycles. The topological polar surface area (TPSA) is 36.4 Å². The van der Waals surface area contributed by atoms with E-state index in [0.29, 0.717) is 12.5 Å². The van der Waals surface area contributed by atoms with Crippen molar-refractivity contribution in [1.29, 1.82) is 0 Å². The van der Waals surface area contributed by atoms with E-state index in [0.717, 1.165) is 43.6 Å². The maximum Gasteiger partial charge on any atom is 0.241 e. The molecule has 2 aliphatic rings. The Bertz CT molecular complexity index is 973. The number of piperidine rings is 1. The minimum absolute atomic E-state index is 0.232. The van der Waals surface area contributed by atoms with Crippen molar-refractivity contribution >= 4 is 33.1 Å². The largest absolute Gasteiger partial charge is 0.308 e. The van der Waals surface area contributed by atoms with Crippen LogP contribution >= 0.6 is 11.3 Å². The molecule has 1 saturated heterocycles.